The second-order valence-electron chi connectivity index (χ2n) is 3.28. The van der Waals surface area contributed by atoms with E-state index in [1.54, 1.807) is 19.5 Å². The number of hydrogen-bond donors (Lipinski definition) is 0. The quantitative estimate of drug-likeness (QED) is 0.598. The molecule has 0 saturated carbocycles. The number of nitrogens with zero attached hydrogens (tertiary/aromatic N) is 3. The van der Waals surface area contributed by atoms with E-state index in [0.29, 0.717) is 0 Å². The summed E-state index contributed by atoms with van der Waals surface area (Å²) < 4.78 is 0. The van der Waals surface area contributed by atoms with Crippen molar-refractivity contribution in [1.82, 2.24) is 14.9 Å². The minimum atomic E-state index is 0.948. The number of fused-ring (bicyclic) bond motifs is 3. The summed E-state index contributed by atoms with van der Waals surface area (Å²) in [4.78, 5) is 11.0. The van der Waals surface area contributed by atoms with Gasteiger partial charge in [-0.15, -0.1) is 5.10 Å². The van der Waals surface area contributed by atoms with Crippen molar-refractivity contribution in [2.75, 3.05) is 7.11 Å². The summed E-state index contributed by atoms with van der Waals surface area (Å²) in [6, 6.07) is 7.94. The molecule has 0 bridgehead atoms. The van der Waals surface area contributed by atoms with Crippen molar-refractivity contribution in [3.05, 3.63) is 36.7 Å². The molecule has 0 fully saturated rings. The molecule has 0 amide bonds. The summed E-state index contributed by atoms with van der Waals surface area (Å²) in [7, 11) is 1.60. The topological polar surface area (TPSA) is 39.9 Å². The third-order valence-electron chi connectivity index (χ3n) is 2.44. The Morgan fingerprint density at radius 2 is 2.07 bits per heavy atom. The second-order valence-corrected chi connectivity index (χ2v) is 3.28. The number of rotatable bonds is 1. The molecule has 3 aromatic rings. The van der Waals surface area contributed by atoms with Crippen molar-refractivity contribution in [2.24, 2.45) is 0 Å². The Balaban J connectivity index is 2.56. The molecule has 0 aliphatic heterocycles. The molecular formula is C11H9N3O. The fourth-order valence-corrected chi connectivity index (χ4v) is 1.76. The van der Waals surface area contributed by atoms with E-state index in [1.807, 2.05) is 24.3 Å². The van der Waals surface area contributed by atoms with E-state index in [-0.39, 0.29) is 0 Å². The second kappa shape index (κ2) is 2.95. The number of aromatic nitrogens is 3. The van der Waals surface area contributed by atoms with Crippen LogP contribution in [0.2, 0.25) is 0 Å². The van der Waals surface area contributed by atoms with E-state index in [2.05, 4.69) is 10.1 Å². The minimum Gasteiger partial charge on any atom is -0.399 e. The highest BCUT2D eigenvalue weighted by Gasteiger charge is 2.07. The predicted molar refractivity (Wildman–Crippen MR) is 57.5 cm³/mol. The summed E-state index contributed by atoms with van der Waals surface area (Å²) in [6.07, 6.45) is 3.55. The number of benzene rings is 1. The summed E-state index contributed by atoms with van der Waals surface area (Å²) in [6.45, 7) is 0. The van der Waals surface area contributed by atoms with Gasteiger partial charge >= 0.3 is 0 Å². The molecule has 0 aliphatic carbocycles. The summed E-state index contributed by atoms with van der Waals surface area (Å²) in [5.74, 6) is 0. The van der Waals surface area contributed by atoms with Crippen LogP contribution < -0.4 is 4.84 Å². The molecule has 2 heterocycles. The zero-order valence-corrected chi connectivity index (χ0v) is 8.21. The molecule has 0 atom stereocenters. The monoisotopic (exact) mass is 199 g/mol. The Labute approximate surface area is 86.1 Å². The SMILES string of the molecule is COn1ncc2cnc3ccccc3c21. The van der Waals surface area contributed by atoms with Crippen molar-refractivity contribution in [2.45, 2.75) is 0 Å². The average Bonchev–Trinajstić information content (AvgIpc) is 2.72. The van der Waals surface area contributed by atoms with Crippen LogP contribution in [-0.2, 0) is 0 Å². The van der Waals surface area contributed by atoms with Gasteiger partial charge in [0.2, 0.25) is 0 Å². The van der Waals surface area contributed by atoms with Crippen LogP contribution in [0.15, 0.2) is 36.7 Å². The molecule has 4 nitrogen and oxygen atoms in total. The van der Waals surface area contributed by atoms with Gasteiger partial charge in [-0.2, -0.15) is 0 Å². The van der Waals surface area contributed by atoms with Gasteiger partial charge in [0.15, 0.2) is 0 Å². The molecule has 0 saturated heterocycles. The first-order chi connectivity index (χ1) is 7.40. The molecule has 0 N–H and O–H groups in total. The molecular weight excluding hydrogens is 190 g/mol. The third-order valence-corrected chi connectivity index (χ3v) is 2.44. The number of pyridine rings is 1. The third kappa shape index (κ3) is 1.08. The van der Waals surface area contributed by atoms with Crippen LogP contribution in [0.4, 0.5) is 0 Å². The highest BCUT2D eigenvalue weighted by Crippen LogP contribution is 2.21. The molecule has 15 heavy (non-hydrogen) atoms. The first-order valence-electron chi connectivity index (χ1n) is 4.66. The standard InChI is InChI=1S/C11H9N3O/c1-15-14-11-8(7-13-14)6-12-10-5-3-2-4-9(10)11/h2-7H,1H3. The van der Waals surface area contributed by atoms with Gasteiger partial charge in [-0.1, -0.05) is 23.0 Å². The lowest BCUT2D eigenvalue weighted by Gasteiger charge is -2.02. The van der Waals surface area contributed by atoms with Crippen LogP contribution in [-0.4, -0.2) is 22.0 Å². The Kier molecular flexibility index (Phi) is 1.62. The lowest BCUT2D eigenvalue weighted by atomic mass is 10.2. The molecule has 0 unspecified atom stereocenters. The molecule has 1 aromatic carbocycles. The van der Waals surface area contributed by atoms with Crippen LogP contribution in [0, 0.1) is 0 Å². The van der Waals surface area contributed by atoms with Crippen LogP contribution >= 0.6 is 0 Å². The first-order valence-corrected chi connectivity index (χ1v) is 4.66. The van der Waals surface area contributed by atoms with Crippen molar-refractivity contribution in [3.8, 4) is 0 Å². The van der Waals surface area contributed by atoms with E-state index in [4.69, 9.17) is 4.84 Å². The highest BCUT2D eigenvalue weighted by atomic mass is 16.7. The first kappa shape index (κ1) is 8.23. The van der Waals surface area contributed by atoms with Gasteiger partial charge in [-0.25, -0.2) is 0 Å². The largest absolute Gasteiger partial charge is 0.399 e. The van der Waals surface area contributed by atoms with Gasteiger partial charge in [0.25, 0.3) is 0 Å². The van der Waals surface area contributed by atoms with Gasteiger partial charge in [0.05, 0.1) is 11.7 Å². The lowest BCUT2D eigenvalue weighted by Crippen LogP contribution is -2.06. The predicted octanol–water partition coefficient (Wildman–Crippen LogP) is 1.64. The Hall–Kier alpha value is -2.10. The number of para-hydroxylation sites is 1. The van der Waals surface area contributed by atoms with Gasteiger partial charge in [-0.3, -0.25) is 4.98 Å². The fourth-order valence-electron chi connectivity index (χ4n) is 1.76. The molecule has 0 radical (unpaired) electrons. The summed E-state index contributed by atoms with van der Waals surface area (Å²) in [5, 5.41) is 6.15. The number of hydrogen-bond acceptors (Lipinski definition) is 3. The zero-order valence-electron chi connectivity index (χ0n) is 8.21. The Morgan fingerprint density at radius 3 is 2.93 bits per heavy atom. The molecule has 2 aromatic heterocycles. The van der Waals surface area contributed by atoms with Crippen molar-refractivity contribution < 1.29 is 4.84 Å². The van der Waals surface area contributed by atoms with E-state index in [1.165, 1.54) is 4.85 Å². The lowest BCUT2D eigenvalue weighted by molar-refractivity contribution is 0.145. The van der Waals surface area contributed by atoms with Crippen molar-refractivity contribution in [3.63, 3.8) is 0 Å². The van der Waals surface area contributed by atoms with Crippen LogP contribution in [0.5, 0.6) is 0 Å². The van der Waals surface area contributed by atoms with E-state index in [0.717, 1.165) is 21.8 Å². The average molecular weight is 199 g/mol. The van der Waals surface area contributed by atoms with Gasteiger partial charge in [-0.05, 0) is 6.07 Å². The van der Waals surface area contributed by atoms with Crippen LogP contribution in [0.3, 0.4) is 0 Å². The highest BCUT2D eigenvalue weighted by molar-refractivity contribution is 6.02. The van der Waals surface area contributed by atoms with E-state index >= 15 is 0 Å². The normalized spacial score (nSPS) is 11.0. The Morgan fingerprint density at radius 1 is 1.20 bits per heavy atom. The van der Waals surface area contributed by atoms with Gasteiger partial charge in [0, 0.05) is 17.0 Å². The smallest absolute Gasteiger partial charge is 0.121 e. The van der Waals surface area contributed by atoms with Gasteiger partial charge in [0.1, 0.15) is 12.6 Å². The molecule has 0 spiro atoms. The minimum absolute atomic E-state index is 0.948. The van der Waals surface area contributed by atoms with E-state index < -0.39 is 0 Å². The fraction of sp³-hybridized carbons (Fsp3) is 0.0909. The summed E-state index contributed by atoms with van der Waals surface area (Å²) in [5.41, 5.74) is 1.91. The molecule has 0 aliphatic rings. The summed E-state index contributed by atoms with van der Waals surface area (Å²) >= 11 is 0. The van der Waals surface area contributed by atoms with Crippen molar-refractivity contribution in [1.29, 1.82) is 0 Å². The van der Waals surface area contributed by atoms with Crippen LogP contribution in [0.1, 0.15) is 0 Å². The molecule has 3 rings (SSSR count). The van der Waals surface area contributed by atoms with Crippen LogP contribution in [0.25, 0.3) is 21.8 Å². The molecule has 74 valence electrons. The van der Waals surface area contributed by atoms with Gasteiger partial charge < -0.3 is 4.84 Å². The van der Waals surface area contributed by atoms with Crippen molar-refractivity contribution >= 4 is 21.8 Å². The maximum absolute atomic E-state index is 5.15. The maximum Gasteiger partial charge on any atom is 0.121 e. The maximum atomic E-state index is 5.15. The van der Waals surface area contributed by atoms with E-state index in [9.17, 15) is 0 Å². The Bertz CT molecular complexity index is 630. The zero-order chi connectivity index (χ0) is 10.3. The molecule has 4 heteroatoms.